The van der Waals surface area contributed by atoms with Gasteiger partial charge in [-0.05, 0) is 72.1 Å². The minimum atomic E-state index is 0.677. The molecule has 1 fully saturated rings. The molecule has 1 aromatic heterocycles. The predicted molar refractivity (Wildman–Crippen MR) is 79.6 cm³/mol. The largest absolute Gasteiger partial charge is 0.314 e. The molecule has 0 aromatic carbocycles. The second-order valence-corrected chi connectivity index (χ2v) is 6.43. The quantitative estimate of drug-likeness (QED) is 0.915. The standard InChI is InChI=1S/C15H23BrN2/c1-3-17-15-7-4-11(2)8-12(15)9-14-6-5-13(16)10-18-14/h5-6,10-12,15,17H,3-4,7-9H2,1-2H3. The zero-order valence-electron chi connectivity index (χ0n) is 11.3. The SMILES string of the molecule is CCNC1CCC(C)CC1Cc1ccc(Br)cn1. The molecule has 0 spiro atoms. The second-order valence-electron chi connectivity index (χ2n) is 5.51. The molecule has 0 bridgehead atoms. The lowest BCUT2D eigenvalue weighted by atomic mass is 9.76. The Morgan fingerprint density at radius 1 is 1.39 bits per heavy atom. The number of pyridine rings is 1. The van der Waals surface area contributed by atoms with Gasteiger partial charge in [0.05, 0.1) is 0 Å². The molecule has 1 aliphatic rings. The average molecular weight is 311 g/mol. The molecule has 3 unspecified atom stereocenters. The Kier molecular flexibility index (Phi) is 5.19. The molecular weight excluding hydrogens is 288 g/mol. The molecule has 18 heavy (non-hydrogen) atoms. The van der Waals surface area contributed by atoms with E-state index in [4.69, 9.17) is 0 Å². The summed E-state index contributed by atoms with van der Waals surface area (Å²) >= 11 is 3.44. The number of hydrogen-bond donors (Lipinski definition) is 1. The smallest absolute Gasteiger partial charge is 0.0413 e. The normalized spacial score (nSPS) is 28.3. The van der Waals surface area contributed by atoms with Crippen LogP contribution in [0.25, 0.3) is 0 Å². The van der Waals surface area contributed by atoms with Crippen LogP contribution in [0.5, 0.6) is 0 Å². The maximum atomic E-state index is 4.52. The van der Waals surface area contributed by atoms with E-state index >= 15 is 0 Å². The van der Waals surface area contributed by atoms with Crippen LogP contribution in [0.4, 0.5) is 0 Å². The van der Waals surface area contributed by atoms with Crippen molar-refractivity contribution in [1.82, 2.24) is 10.3 Å². The molecule has 3 atom stereocenters. The van der Waals surface area contributed by atoms with Crippen molar-refractivity contribution in [3.05, 3.63) is 28.5 Å². The summed E-state index contributed by atoms with van der Waals surface area (Å²) in [5.74, 6) is 1.60. The first-order valence-corrected chi connectivity index (χ1v) is 7.82. The first-order chi connectivity index (χ1) is 8.69. The number of nitrogens with one attached hydrogen (secondary N) is 1. The molecule has 0 amide bonds. The lowest BCUT2D eigenvalue weighted by Gasteiger charge is -2.35. The van der Waals surface area contributed by atoms with Crippen LogP contribution in [-0.2, 0) is 6.42 Å². The molecule has 1 saturated carbocycles. The Balaban J connectivity index is 2.01. The third-order valence-electron chi connectivity index (χ3n) is 3.97. The molecule has 0 aliphatic heterocycles. The fourth-order valence-corrected chi connectivity index (χ4v) is 3.29. The van der Waals surface area contributed by atoms with Gasteiger partial charge in [-0.15, -0.1) is 0 Å². The zero-order valence-corrected chi connectivity index (χ0v) is 12.9. The van der Waals surface area contributed by atoms with Crippen LogP contribution in [-0.4, -0.2) is 17.6 Å². The molecule has 1 aromatic rings. The lowest BCUT2D eigenvalue weighted by Crippen LogP contribution is -2.41. The van der Waals surface area contributed by atoms with Gasteiger partial charge in [-0.1, -0.05) is 13.8 Å². The Morgan fingerprint density at radius 2 is 2.22 bits per heavy atom. The van der Waals surface area contributed by atoms with Crippen LogP contribution in [0, 0.1) is 11.8 Å². The van der Waals surface area contributed by atoms with Crippen molar-refractivity contribution in [1.29, 1.82) is 0 Å². The van der Waals surface area contributed by atoms with Crippen molar-refractivity contribution in [2.75, 3.05) is 6.54 Å². The summed E-state index contributed by atoms with van der Waals surface area (Å²) in [5, 5.41) is 3.65. The summed E-state index contributed by atoms with van der Waals surface area (Å²) in [4.78, 5) is 4.52. The first kappa shape index (κ1) is 14.0. The summed E-state index contributed by atoms with van der Waals surface area (Å²) in [6.07, 6.45) is 7.02. The van der Waals surface area contributed by atoms with Gasteiger partial charge in [-0.2, -0.15) is 0 Å². The Bertz CT molecular complexity index is 363. The molecule has 100 valence electrons. The fourth-order valence-electron chi connectivity index (χ4n) is 3.05. The molecule has 1 N–H and O–H groups in total. The Labute approximate surface area is 119 Å². The van der Waals surface area contributed by atoms with E-state index in [1.165, 1.54) is 25.0 Å². The fraction of sp³-hybridized carbons (Fsp3) is 0.667. The number of nitrogens with zero attached hydrogens (tertiary/aromatic N) is 1. The Morgan fingerprint density at radius 3 is 2.89 bits per heavy atom. The summed E-state index contributed by atoms with van der Waals surface area (Å²) in [6, 6.07) is 4.92. The van der Waals surface area contributed by atoms with Crippen molar-refractivity contribution >= 4 is 15.9 Å². The summed E-state index contributed by atoms with van der Waals surface area (Å²) < 4.78 is 1.06. The van der Waals surface area contributed by atoms with Gasteiger partial charge >= 0.3 is 0 Å². The van der Waals surface area contributed by atoms with Crippen LogP contribution in [0.15, 0.2) is 22.8 Å². The van der Waals surface area contributed by atoms with E-state index in [1.54, 1.807) is 0 Å². The average Bonchev–Trinajstić information content (AvgIpc) is 2.36. The molecule has 0 saturated heterocycles. The van der Waals surface area contributed by atoms with Crippen LogP contribution < -0.4 is 5.32 Å². The maximum Gasteiger partial charge on any atom is 0.0413 e. The molecule has 1 aliphatic carbocycles. The van der Waals surface area contributed by atoms with E-state index < -0.39 is 0 Å². The van der Waals surface area contributed by atoms with E-state index in [1.807, 2.05) is 6.20 Å². The van der Waals surface area contributed by atoms with Crippen LogP contribution >= 0.6 is 15.9 Å². The number of aromatic nitrogens is 1. The summed E-state index contributed by atoms with van der Waals surface area (Å²) in [6.45, 7) is 5.65. The van der Waals surface area contributed by atoms with Crippen molar-refractivity contribution in [3.63, 3.8) is 0 Å². The van der Waals surface area contributed by atoms with Gasteiger partial charge < -0.3 is 5.32 Å². The van der Waals surface area contributed by atoms with Gasteiger partial charge in [-0.25, -0.2) is 0 Å². The molecule has 1 heterocycles. The molecule has 2 rings (SSSR count). The van der Waals surface area contributed by atoms with Gasteiger partial charge in [0.1, 0.15) is 0 Å². The highest BCUT2D eigenvalue weighted by molar-refractivity contribution is 9.10. The highest BCUT2D eigenvalue weighted by Crippen LogP contribution is 2.31. The summed E-state index contributed by atoms with van der Waals surface area (Å²) in [7, 11) is 0. The highest BCUT2D eigenvalue weighted by Gasteiger charge is 2.28. The predicted octanol–water partition coefficient (Wildman–Crippen LogP) is 3.80. The van der Waals surface area contributed by atoms with Crippen LogP contribution in [0.1, 0.15) is 38.8 Å². The van der Waals surface area contributed by atoms with Gasteiger partial charge in [0.15, 0.2) is 0 Å². The van der Waals surface area contributed by atoms with Crippen molar-refractivity contribution in [3.8, 4) is 0 Å². The monoisotopic (exact) mass is 310 g/mol. The third-order valence-corrected chi connectivity index (χ3v) is 4.44. The van der Waals surface area contributed by atoms with Gasteiger partial charge in [0.25, 0.3) is 0 Å². The van der Waals surface area contributed by atoms with Crippen molar-refractivity contribution in [2.45, 2.75) is 45.6 Å². The minimum Gasteiger partial charge on any atom is -0.314 e. The van der Waals surface area contributed by atoms with Crippen LogP contribution in [0.3, 0.4) is 0 Å². The van der Waals surface area contributed by atoms with Gasteiger partial charge in [0.2, 0.25) is 0 Å². The number of rotatable bonds is 4. The number of hydrogen-bond acceptors (Lipinski definition) is 2. The summed E-state index contributed by atoms with van der Waals surface area (Å²) in [5.41, 5.74) is 1.22. The zero-order chi connectivity index (χ0) is 13.0. The maximum absolute atomic E-state index is 4.52. The lowest BCUT2D eigenvalue weighted by molar-refractivity contribution is 0.213. The number of halogens is 1. The van der Waals surface area contributed by atoms with E-state index in [-0.39, 0.29) is 0 Å². The van der Waals surface area contributed by atoms with E-state index in [9.17, 15) is 0 Å². The molecular formula is C15H23BrN2. The highest BCUT2D eigenvalue weighted by atomic mass is 79.9. The van der Waals surface area contributed by atoms with Crippen molar-refractivity contribution in [2.24, 2.45) is 11.8 Å². The van der Waals surface area contributed by atoms with E-state index in [2.05, 4.69) is 52.2 Å². The van der Waals surface area contributed by atoms with Gasteiger partial charge in [0, 0.05) is 22.4 Å². The Hall–Kier alpha value is -0.410. The van der Waals surface area contributed by atoms with E-state index in [0.29, 0.717) is 6.04 Å². The first-order valence-electron chi connectivity index (χ1n) is 7.02. The topological polar surface area (TPSA) is 24.9 Å². The molecule has 3 heteroatoms. The van der Waals surface area contributed by atoms with Crippen molar-refractivity contribution < 1.29 is 0 Å². The molecule has 2 nitrogen and oxygen atoms in total. The second kappa shape index (κ2) is 6.67. The minimum absolute atomic E-state index is 0.677. The molecule has 0 radical (unpaired) electrons. The van der Waals surface area contributed by atoms with Crippen LogP contribution in [0.2, 0.25) is 0 Å². The van der Waals surface area contributed by atoms with E-state index in [0.717, 1.165) is 29.3 Å². The third kappa shape index (κ3) is 3.79. The van der Waals surface area contributed by atoms with Gasteiger partial charge in [-0.3, -0.25) is 4.98 Å².